The van der Waals surface area contributed by atoms with Gasteiger partial charge in [0.1, 0.15) is 0 Å². The molecule has 0 unspecified atom stereocenters. The highest BCUT2D eigenvalue weighted by Crippen LogP contribution is 2.33. The molecule has 0 radical (unpaired) electrons. The summed E-state index contributed by atoms with van der Waals surface area (Å²) in [5, 5.41) is 14.3. The molecular formula is C10H16N2O4S. The van der Waals surface area contributed by atoms with E-state index in [0.717, 1.165) is 18.6 Å². The van der Waals surface area contributed by atoms with Crippen LogP contribution in [0.4, 0.5) is 4.79 Å². The minimum atomic E-state index is -0.585. The van der Waals surface area contributed by atoms with Crippen LogP contribution >= 0.6 is 11.8 Å². The third kappa shape index (κ3) is 3.04. The van der Waals surface area contributed by atoms with Crippen LogP contribution in [0.15, 0.2) is 0 Å². The van der Waals surface area contributed by atoms with Gasteiger partial charge in [0.05, 0.1) is 12.1 Å². The first-order valence-electron chi connectivity index (χ1n) is 5.73. The molecule has 3 atom stereocenters. The number of carbonyl (C=O) groups is 2. The summed E-state index contributed by atoms with van der Waals surface area (Å²) in [7, 11) is 0. The highest BCUT2D eigenvalue weighted by Gasteiger charge is 2.42. The van der Waals surface area contributed by atoms with Crippen molar-refractivity contribution >= 4 is 23.8 Å². The van der Waals surface area contributed by atoms with Gasteiger partial charge >= 0.3 is 12.0 Å². The predicted octanol–water partition coefficient (Wildman–Crippen LogP) is 0.728. The number of hydrogen-bond acceptors (Lipinski definition) is 5. The lowest BCUT2D eigenvalue weighted by Crippen LogP contribution is -2.36. The van der Waals surface area contributed by atoms with Crippen LogP contribution < -0.4 is 10.6 Å². The number of carbonyl (C=O) groups excluding carboxylic acids is 2. The summed E-state index contributed by atoms with van der Waals surface area (Å²) in [5.74, 6) is 0.366. The Balaban J connectivity index is 1.66. The van der Waals surface area contributed by atoms with Crippen molar-refractivity contribution in [3.05, 3.63) is 0 Å². The topological polar surface area (TPSA) is 87.7 Å². The predicted molar refractivity (Wildman–Crippen MR) is 62.7 cm³/mol. The van der Waals surface area contributed by atoms with Gasteiger partial charge in [-0.05, 0) is 12.8 Å². The Morgan fingerprint density at radius 1 is 1.47 bits per heavy atom. The van der Waals surface area contributed by atoms with Crippen LogP contribution in [0.1, 0.15) is 25.7 Å². The average Bonchev–Trinajstić information content (AvgIpc) is 2.84. The number of rotatable bonds is 5. The second-order valence-electron chi connectivity index (χ2n) is 4.33. The van der Waals surface area contributed by atoms with Gasteiger partial charge < -0.3 is 15.5 Å². The Bertz CT molecular complexity index is 313. The molecule has 2 aliphatic rings. The van der Waals surface area contributed by atoms with Crippen molar-refractivity contribution in [2.45, 2.75) is 43.0 Å². The molecule has 0 aliphatic carbocycles. The fraction of sp³-hybridized carbons (Fsp3) is 0.800. The van der Waals surface area contributed by atoms with Crippen molar-refractivity contribution in [1.82, 2.24) is 10.6 Å². The monoisotopic (exact) mass is 260 g/mol. The lowest BCUT2D eigenvalue weighted by molar-refractivity contribution is -0.234. The highest BCUT2D eigenvalue weighted by molar-refractivity contribution is 8.00. The zero-order chi connectivity index (χ0) is 12.3. The smallest absolute Gasteiger partial charge is 0.332 e. The summed E-state index contributed by atoms with van der Waals surface area (Å²) in [6.07, 6.45) is 2.81. The van der Waals surface area contributed by atoms with Gasteiger partial charge in [-0.2, -0.15) is 17.0 Å². The van der Waals surface area contributed by atoms with E-state index < -0.39 is 5.97 Å². The summed E-state index contributed by atoms with van der Waals surface area (Å²) in [5.41, 5.74) is 0. The maximum Gasteiger partial charge on any atom is 0.342 e. The van der Waals surface area contributed by atoms with E-state index >= 15 is 0 Å². The molecule has 96 valence electrons. The summed E-state index contributed by atoms with van der Waals surface area (Å²) in [4.78, 5) is 25.4. The second kappa shape index (κ2) is 5.59. The number of thioether (sulfide) groups is 1. The SMILES string of the molecule is O=C1N[C@@H]2[C@@H](CS[C@@H]2CCCCC(=O)OO)N1. The van der Waals surface area contributed by atoms with Gasteiger partial charge in [-0.3, -0.25) is 0 Å². The number of hydrogen-bond donors (Lipinski definition) is 3. The lowest BCUT2D eigenvalue weighted by atomic mass is 10.0. The molecule has 2 heterocycles. The van der Waals surface area contributed by atoms with Crippen LogP contribution in [0.25, 0.3) is 0 Å². The largest absolute Gasteiger partial charge is 0.342 e. The first-order valence-corrected chi connectivity index (χ1v) is 6.78. The first kappa shape index (κ1) is 12.5. The van der Waals surface area contributed by atoms with Gasteiger partial charge in [0.25, 0.3) is 0 Å². The van der Waals surface area contributed by atoms with Crippen LogP contribution in [0.2, 0.25) is 0 Å². The number of unbranched alkanes of at least 4 members (excludes halogenated alkanes) is 1. The van der Waals surface area contributed by atoms with Crippen molar-refractivity contribution in [1.29, 1.82) is 0 Å². The van der Waals surface area contributed by atoms with Crippen molar-refractivity contribution in [3.63, 3.8) is 0 Å². The van der Waals surface area contributed by atoms with Crippen LogP contribution in [0.3, 0.4) is 0 Å². The van der Waals surface area contributed by atoms with Gasteiger partial charge in [-0.15, -0.1) is 0 Å². The fourth-order valence-corrected chi connectivity index (χ4v) is 3.85. The van der Waals surface area contributed by atoms with E-state index in [9.17, 15) is 9.59 Å². The third-order valence-corrected chi connectivity index (χ3v) is 4.67. The van der Waals surface area contributed by atoms with Crippen molar-refractivity contribution in [2.75, 3.05) is 5.75 Å². The van der Waals surface area contributed by atoms with Crippen LogP contribution in [0, 0.1) is 0 Å². The highest BCUT2D eigenvalue weighted by atomic mass is 32.2. The zero-order valence-electron chi connectivity index (χ0n) is 9.35. The van der Waals surface area contributed by atoms with E-state index in [2.05, 4.69) is 15.5 Å². The normalized spacial score (nSPS) is 30.6. The molecule has 0 saturated carbocycles. The third-order valence-electron chi connectivity index (χ3n) is 3.16. The van der Waals surface area contributed by atoms with E-state index in [4.69, 9.17) is 5.26 Å². The van der Waals surface area contributed by atoms with Crippen LogP contribution in [-0.4, -0.2) is 40.3 Å². The van der Waals surface area contributed by atoms with E-state index in [1.807, 2.05) is 11.8 Å². The summed E-state index contributed by atoms with van der Waals surface area (Å²) < 4.78 is 0. The molecule has 0 aromatic heterocycles. The number of amides is 2. The quantitative estimate of drug-likeness (QED) is 0.293. The molecule has 2 saturated heterocycles. The van der Waals surface area contributed by atoms with Gasteiger partial charge in [-0.1, -0.05) is 6.42 Å². The molecule has 0 bridgehead atoms. The van der Waals surface area contributed by atoms with Gasteiger partial charge in [0.2, 0.25) is 0 Å². The van der Waals surface area contributed by atoms with Crippen molar-refractivity contribution < 1.29 is 19.7 Å². The minimum absolute atomic E-state index is 0.0749. The van der Waals surface area contributed by atoms with Gasteiger partial charge in [0.15, 0.2) is 0 Å². The molecule has 0 spiro atoms. The minimum Gasteiger partial charge on any atom is -0.332 e. The molecule has 2 amide bonds. The standard InChI is InChI=1S/C10H16N2O4S/c13-8(16-15)4-2-1-3-7-9-6(5-17-7)11-10(14)12-9/h6-7,9,15H,1-5H2,(H2,11,12,14)/t6-,7-,9-/m1/s1. The number of fused-ring (bicyclic) bond motifs is 1. The molecule has 17 heavy (non-hydrogen) atoms. The number of nitrogens with one attached hydrogen (secondary N) is 2. The van der Waals surface area contributed by atoms with Crippen molar-refractivity contribution in [3.8, 4) is 0 Å². The first-order chi connectivity index (χ1) is 8.20. The van der Waals surface area contributed by atoms with Crippen molar-refractivity contribution in [2.24, 2.45) is 0 Å². The molecule has 6 nitrogen and oxygen atoms in total. The zero-order valence-corrected chi connectivity index (χ0v) is 10.2. The van der Waals surface area contributed by atoms with Gasteiger partial charge in [-0.25, -0.2) is 9.59 Å². The Hall–Kier alpha value is -0.950. The Morgan fingerprint density at radius 2 is 2.29 bits per heavy atom. The Morgan fingerprint density at radius 3 is 3.06 bits per heavy atom. The number of urea groups is 1. The van der Waals surface area contributed by atoms with E-state index in [1.54, 1.807) is 0 Å². The van der Waals surface area contributed by atoms with E-state index in [0.29, 0.717) is 11.7 Å². The lowest BCUT2D eigenvalue weighted by Gasteiger charge is -2.16. The van der Waals surface area contributed by atoms with E-state index in [-0.39, 0.29) is 24.5 Å². The second-order valence-corrected chi connectivity index (χ2v) is 5.60. The molecule has 0 aromatic carbocycles. The molecule has 3 N–H and O–H groups in total. The maximum absolute atomic E-state index is 11.1. The summed E-state index contributed by atoms with van der Waals surface area (Å²) in [6.45, 7) is 0. The molecule has 2 aliphatic heterocycles. The van der Waals surface area contributed by atoms with Crippen LogP contribution in [-0.2, 0) is 9.68 Å². The molecular weight excluding hydrogens is 244 g/mol. The Kier molecular flexibility index (Phi) is 4.11. The Labute approximate surface area is 103 Å². The summed E-state index contributed by atoms with van der Waals surface area (Å²) >= 11 is 1.86. The molecule has 2 rings (SSSR count). The molecule has 0 aromatic rings. The van der Waals surface area contributed by atoms with Crippen LogP contribution in [0.5, 0.6) is 0 Å². The van der Waals surface area contributed by atoms with Gasteiger partial charge in [0, 0.05) is 17.4 Å². The molecule has 2 fully saturated rings. The molecule has 7 heteroatoms. The maximum atomic E-state index is 11.1. The average molecular weight is 260 g/mol. The van der Waals surface area contributed by atoms with E-state index in [1.165, 1.54) is 0 Å². The fourth-order valence-electron chi connectivity index (χ4n) is 2.30. The summed E-state index contributed by atoms with van der Waals surface area (Å²) in [6, 6.07) is 0.395.